The van der Waals surface area contributed by atoms with Crippen LogP contribution in [0, 0.1) is 6.92 Å². The fraction of sp³-hybridized carbons (Fsp3) is 0.286. The summed E-state index contributed by atoms with van der Waals surface area (Å²) in [6, 6.07) is 0. The van der Waals surface area contributed by atoms with Crippen LogP contribution in [0.15, 0.2) is 6.20 Å². The maximum Gasteiger partial charge on any atom is 0.267 e. The van der Waals surface area contributed by atoms with Crippen molar-refractivity contribution < 1.29 is 13.9 Å². The lowest BCUT2D eigenvalue weighted by molar-refractivity contribution is 0.150. The summed E-state index contributed by atoms with van der Waals surface area (Å²) in [6.07, 6.45) is -1.67. The minimum Gasteiger partial charge on any atom is -0.505 e. The van der Waals surface area contributed by atoms with E-state index in [1.807, 2.05) is 0 Å². The largest absolute Gasteiger partial charge is 0.505 e. The second-order valence-electron chi connectivity index (χ2n) is 2.26. The summed E-state index contributed by atoms with van der Waals surface area (Å²) in [5.41, 5.74) is -0.274. The molecule has 0 bridgehead atoms. The number of aryl methyl sites for hydroxylation is 1. The first kappa shape index (κ1) is 9.19. The molecule has 0 saturated heterocycles. The molecule has 0 radical (unpaired) electrons. The Balaban J connectivity index is 3.33. The number of rotatable bonds is 1. The highest BCUT2D eigenvalue weighted by Gasteiger charge is 2.18. The number of hydrogen-bond donors (Lipinski definition) is 1. The van der Waals surface area contributed by atoms with E-state index in [0.717, 1.165) is 6.20 Å². The van der Waals surface area contributed by atoms with E-state index in [9.17, 15) is 8.78 Å². The van der Waals surface area contributed by atoms with Crippen molar-refractivity contribution >= 4 is 11.6 Å². The molecule has 1 N–H and O–H groups in total. The van der Waals surface area contributed by atoms with Gasteiger partial charge in [-0.2, -0.15) is 0 Å². The molecule has 0 atom stereocenters. The zero-order valence-corrected chi connectivity index (χ0v) is 6.94. The zero-order valence-electron chi connectivity index (χ0n) is 6.18. The second kappa shape index (κ2) is 3.23. The topological polar surface area (TPSA) is 33.1 Å². The van der Waals surface area contributed by atoms with E-state index in [2.05, 4.69) is 4.98 Å². The van der Waals surface area contributed by atoms with Gasteiger partial charge in [-0.1, -0.05) is 11.6 Å². The van der Waals surface area contributed by atoms with Crippen molar-refractivity contribution in [1.29, 1.82) is 0 Å². The molecule has 0 aliphatic heterocycles. The Morgan fingerprint density at radius 1 is 1.58 bits per heavy atom. The number of hydrogen-bond acceptors (Lipinski definition) is 2. The van der Waals surface area contributed by atoms with Crippen molar-refractivity contribution in [2.75, 3.05) is 0 Å². The molecule has 1 aromatic rings. The maximum absolute atomic E-state index is 12.2. The third kappa shape index (κ3) is 1.48. The molecule has 5 heteroatoms. The first-order valence-corrected chi connectivity index (χ1v) is 3.54. The molecule has 0 fully saturated rings. The van der Waals surface area contributed by atoms with Gasteiger partial charge in [-0.25, -0.2) is 8.78 Å². The second-order valence-corrected chi connectivity index (χ2v) is 2.64. The summed E-state index contributed by atoms with van der Waals surface area (Å²) >= 11 is 5.42. The van der Waals surface area contributed by atoms with Crippen LogP contribution < -0.4 is 0 Å². The number of alkyl halides is 2. The Morgan fingerprint density at radius 3 is 2.58 bits per heavy atom. The standard InChI is InChI=1S/C7H6ClF2NO/c1-3-5(7(9)10)6(8)4(12)2-11-3/h2,7,12H,1H3. The Kier molecular flexibility index (Phi) is 2.47. The molecule has 0 amide bonds. The van der Waals surface area contributed by atoms with Gasteiger partial charge in [0.15, 0.2) is 5.75 Å². The summed E-state index contributed by atoms with van der Waals surface area (Å²) in [7, 11) is 0. The molecule has 0 saturated carbocycles. The molecule has 1 rings (SSSR count). The van der Waals surface area contributed by atoms with Crippen molar-refractivity contribution in [3.05, 3.63) is 22.5 Å². The molecule has 0 aliphatic rings. The van der Waals surface area contributed by atoms with Crippen molar-refractivity contribution in [2.24, 2.45) is 0 Å². The van der Waals surface area contributed by atoms with E-state index < -0.39 is 17.7 Å². The number of halogens is 3. The highest BCUT2D eigenvalue weighted by atomic mass is 35.5. The average Bonchev–Trinajstić information content (AvgIpc) is 1.97. The van der Waals surface area contributed by atoms with Gasteiger partial charge in [-0.3, -0.25) is 4.98 Å². The fourth-order valence-electron chi connectivity index (χ4n) is 0.835. The van der Waals surface area contributed by atoms with Gasteiger partial charge in [-0.15, -0.1) is 0 Å². The van der Waals surface area contributed by atoms with Crippen LogP contribution in [0.2, 0.25) is 5.02 Å². The predicted octanol–water partition coefficient (Wildman–Crippen LogP) is 2.69. The highest BCUT2D eigenvalue weighted by molar-refractivity contribution is 6.32. The highest BCUT2D eigenvalue weighted by Crippen LogP contribution is 2.34. The van der Waals surface area contributed by atoms with Gasteiger partial charge < -0.3 is 5.11 Å². The third-order valence-corrected chi connectivity index (χ3v) is 1.85. The Bertz CT molecular complexity index is 304. The quantitative estimate of drug-likeness (QED) is 0.744. The van der Waals surface area contributed by atoms with Crippen molar-refractivity contribution in [3.63, 3.8) is 0 Å². The SMILES string of the molecule is Cc1ncc(O)c(Cl)c1C(F)F. The van der Waals surface area contributed by atoms with Crippen LogP contribution >= 0.6 is 11.6 Å². The molecule has 0 unspecified atom stereocenters. The normalized spacial score (nSPS) is 10.8. The van der Waals surface area contributed by atoms with Crippen LogP contribution in [0.3, 0.4) is 0 Å². The smallest absolute Gasteiger partial charge is 0.267 e. The van der Waals surface area contributed by atoms with Crippen molar-refractivity contribution in [1.82, 2.24) is 4.98 Å². The monoisotopic (exact) mass is 193 g/mol. The first-order chi connectivity index (χ1) is 5.54. The lowest BCUT2D eigenvalue weighted by atomic mass is 10.2. The van der Waals surface area contributed by atoms with Crippen molar-refractivity contribution in [3.8, 4) is 5.75 Å². The molecule has 0 spiro atoms. The van der Waals surface area contributed by atoms with Gasteiger partial charge in [0.1, 0.15) is 0 Å². The molecule has 66 valence electrons. The summed E-state index contributed by atoms with van der Waals surface area (Å²) in [6.45, 7) is 1.41. The molecule has 0 aliphatic carbocycles. The van der Waals surface area contributed by atoms with Gasteiger partial charge in [0.05, 0.1) is 16.8 Å². The van der Waals surface area contributed by atoms with E-state index in [4.69, 9.17) is 16.7 Å². The number of nitrogens with zero attached hydrogens (tertiary/aromatic N) is 1. The molecule has 0 aromatic carbocycles. The van der Waals surface area contributed by atoms with Gasteiger partial charge >= 0.3 is 0 Å². The third-order valence-electron chi connectivity index (χ3n) is 1.45. The first-order valence-electron chi connectivity index (χ1n) is 3.16. The van der Waals surface area contributed by atoms with Crippen LogP contribution in [-0.2, 0) is 0 Å². The van der Waals surface area contributed by atoms with E-state index in [1.54, 1.807) is 0 Å². The van der Waals surface area contributed by atoms with E-state index in [1.165, 1.54) is 6.92 Å². The molecular weight excluding hydrogens is 188 g/mol. The Labute approximate surface area is 72.8 Å². The van der Waals surface area contributed by atoms with Crippen LogP contribution in [0.1, 0.15) is 17.7 Å². The van der Waals surface area contributed by atoms with Crippen molar-refractivity contribution in [2.45, 2.75) is 13.3 Å². The minimum atomic E-state index is -2.71. The van der Waals surface area contributed by atoms with Crippen LogP contribution in [0.4, 0.5) is 8.78 Å². The lowest BCUT2D eigenvalue weighted by Crippen LogP contribution is -1.94. The van der Waals surface area contributed by atoms with Gasteiger partial charge in [0.2, 0.25) is 0 Å². The molecular formula is C7H6ClF2NO. The average molecular weight is 194 g/mol. The number of aromatic hydroxyl groups is 1. The maximum atomic E-state index is 12.2. The summed E-state index contributed by atoms with van der Waals surface area (Å²) in [5, 5.41) is 8.62. The zero-order chi connectivity index (χ0) is 9.30. The van der Waals surface area contributed by atoms with E-state index in [0.29, 0.717) is 0 Å². The fourth-order valence-corrected chi connectivity index (χ4v) is 1.10. The number of aromatic nitrogens is 1. The molecule has 1 aromatic heterocycles. The van der Waals surface area contributed by atoms with Gasteiger partial charge in [0, 0.05) is 5.69 Å². The molecule has 1 heterocycles. The minimum absolute atomic E-state index is 0.132. The van der Waals surface area contributed by atoms with Crippen LogP contribution in [-0.4, -0.2) is 10.1 Å². The van der Waals surface area contributed by atoms with E-state index in [-0.39, 0.29) is 10.7 Å². The Morgan fingerprint density at radius 2 is 2.17 bits per heavy atom. The summed E-state index contributed by atoms with van der Waals surface area (Å²) < 4.78 is 24.5. The summed E-state index contributed by atoms with van der Waals surface area (Å²) in [4.78, 5) is 3.55. The molecule has 12 heavy (non-hydrogen) atoms. The lowest BCUT2D eigenvalue weighted by Gasteiger charge is -2.06. The van der Waals surface area contributed by atoms with Gasteiger partial charge in [-0.05, 0) is 6.92 Å². The van der Waals surface area contributed by atoms with E-state index >= 15 is 0 Å². The Hall–Kier alpha value is -0.900. The predicted molar refractivity (Wildman–Crippen MR) is 40.6 cm³/mol. The van der Waals surface area contributed by atoms with Gasteiger partial charge in [0.25, 0.3) is 6.43 Å². The number of pyridine rings is 1. The van der Waals surface area contributed by atoms with Crippen LogP contribution in [0.5, 0.6) is 5.75 Å². The van der Waals surface area contributed by atoms with Crippen LogP contribution in [0.25, 0.3) is 0 Å². The summed E-state index contributed by atoms with van der Waals surface area (Å²) in [5.74, 6) is -0.419. The molecule has 2 nitrogen and oxygen atoms in total.